The number of carboxylic acids is 1. The van der Waals surface area contributed by atoms with E-state index < -0.39 is 17.7 Å². The van der Waals surface area contributed by atoms with Crippen molar-refractivity contribution < 1.29 is 19.1 Å². The lowest BCUT2D eigenvalue weighted by Gasteiger charge is -2.23. The molecule has 0 fully saturated rings. The Morgan fingerprint density at radius 3 is 2.10 bits per heavy atom. The fourth-order valence-electron chi connectivity index (χ4n) is 2.25. The largest absolute Gasteiger partial charge is 0.481 e. The standard InChI is InChI=1S/C16H22FNO3/c1-3-9-18(10-4-2)15(19)11-14(16(20)21)12-5-7-13(17)8-6-12/h5-8,14H,3-4,9-11H2,1-2H3,(H,20,21). The summed E-state index contributed by atoms with van der Waals surface area (Å²) in [6, 6.07) is 5.27. The molecule has 0 heterocycles. The quantitative estimate of drug-likeness (QED) is 0.802. The predicted molar refractivity (Wildman–Crippen MR) is 78.6 cm³/mol. The molecule has 116 valence electrons. The van der Waals surface area contributed by atoms with Gasteiger partial charge in [-0.15, -0.1) is 0 Å². The van der Waals surface area contributed by atoms with Crippen molar-refractivity contribution in [3.8, 4) is 0 Å². The zero-order chi connectivity index (χ0) is 15.8. The molecule has 1 unspecified atom stereocenters. The second-order valence-electron chi connectivity index (χ2n) is 5.03. The molecule has 0 saturated carbocycles. The highest BCUT2D eigenvalue weighted by atomic mass is 19.1. The summed E-state index contributed by atoms with van der Waals surface area (Å²) in [5.74, 6) is -2.60. The summed E-state index contributed by atoms with van der Waals surface area (Å²) in [4.78, 5) is 25.4. The first-order valence-corrected chi connectivity index (χ1v) is 7.25. The van der Waals surface area contributed by atoms with Crippen LogP contribution in [0, 0.1) is 5.82 Å². The van der Waals surface area contributed by atoms with Crippen LogP contribution in [0.5, 0.6) is 0 Å². The first kappa shape index (κ1) is 17.1. The predicted octanol–water partition coefficient (Wildman–Crippen LogP) is 3.03. The molecule has 4 nitrogen and oxygen atoms in total. The minimum absolute atomic E-state index is 0.0963. The number of rotatable bonds is 8. The maximum atomic E-state index is 12.9. The van der Waals surface area contributed by atoms with Gasteiger partial charge in [-0.25, -0.2) is 4.39 Å². The Kier molecular flexibility index (Phi) is 6.85. The van der Waals surface area contributed by atoms with Crippen LogP contribution in [0.2, 0.25) is 0 Å². The topological polar surface area (TPSA) is 57.6 Å². The number of aliphatic carboxylic acids is 1. The van der Waals surface area contributed by atoms with Gasteiger partial charge in [-0.3, -0.25) is 9.59 Å². The number of hydrogen-bond acceptors (Lipinski definition) is 2. The molecule has 0 saturated heterocycles. The normalized spacial score (nSPS) is 12.0. The van der Waals surface area contributed by atoms with Gasteiger partial charge >= 0.3 is 5.97 Å². The van der Waals surface area contributed by atoms with Crippen LogP contribution >= 0.6 is 0 Å². The Morgan fingerprint density at radius 2 is 1.67 bits per heavy atom. The number of carboxylic acid groups (broad SMARTS) is 1. The lowest BCUT2D eigenvalue weighted by Crippen LogP contribution is -2.34. The van der Waals surface area contributed by atoms with Crippen molar-refractivity contribution in [2.45, 2.75) is 39.0 Å². The summed E-state index contributed by atoms with van der Waals surface area (Å²) < 4.78 is 12.9. The van der Waals surface area contributed by atoms with E-state index >= 15 is 0 Å². The van der Waals surface area contributed by atoms with Gasteiger partial charge in [0.1, 0.15) is 5.82 Å². The van der Waals surface area contributed by atoms with Gasteiger partial charge in [-0.2, -0.15) is 0 Å². The summed E-state index contributed by atoms with van der Waals surface area (Å²) in [7, 11) is 0. The molecule has 0 spiro atoms. The van der Waals surface area contributed by atoms with Gasteiger partial charge in [0.15, 0.2) is 0 Å². The molecule has 0 aliphatic carbocycles. The van der Waals surface area contributed by atoms with E-state index in [9.17, 15) is 19.1 Å². The van der Waals surface area contributed by atoms with Gasteiger partial charge in [-0.05, 0) is 30.5 Å². The van der Waals surface area contributed by atoms with Crippen LogP contribution < -0.4 is 0 Å². The van der Waals surface area contributed by atoms with E-state index in [0.29, 0.717) is 18.7 Å². The lowest BCUT2D eigenvalue weighted by molar-refractivity contribution is -0.142. The molecule has 5 heteroatoms. The summed E-state index contributed by atoms with van der Waals surface area (Å²) in [5.41, 5.74) is 0.449. The van der Waals surface area contributed by atoms with Crippen molar-refractivity contribution in [3.05, 3.63) is 35.6 Å². The molecule has 1 aromatic carbocycles. The summed E-state index contributed by atoms with van der Waals surface area (Å²) in [6.07, 6.45) is 1.57. The van der Waals surface area contributed by atoms with E-state index in [1.165, 1.54) is 24.3 Å². The third-order valence-electron chi connectivity index (χ3n) is 3.29. The minimum Gasteiger partial charge on any atom is -0.481 e. The van der Waals surface area contributed by atoms with E-state index in [1.54, 1.807) is 4.90 Å². The van der Waals surface area contributed by atoms with E-state index in [4.69, 9.17) is 0 Å². The molecule has 21 heavy (non-hydrogen) atoms. The van der Waals surface area contributed by atoms with Crippen LogP contribution in [-0.4, -0.2) is 35.0 Å². The third kappa shape index (κ3) is 5.17. The SMILES string of the molecule is CCCN(CCC)C(=O)CC(C(=O)O)c1ccc(F)cc1. The second kappa shape index (κ2) is 8.39. The number of halogens is 1. The molecule has 1 rings (SSSR count). The van der Waals surface area contributed by atoms with Crippen molar-refractivity contribution in [1.29, 1.82) is 0 Å². The van der Waals surface area contributed by atoms with Crippen molar-refractivity contribution in [1.82, 2.24) is 4.90 Å². The van der Waals surface area contributed by atoms with Crippen molar-refractivity contribution in [2.24, 2.45) is 0 Å². The van der Waals surface area contributed by atoms with Gasteiger partial charge in [0, 0.05) is 19.5 Å². The number of carbonyl (C=O) groups is 2. The van der Waals surface area contributed by atoms with Gasteiger partial charge in [0.05, 0.1) is 5.92 Å². The molecule has 0 aliphatic rings. The molecule has 1 amide bonds. The van der Waals surface area contributed by atoms with Gasteiger partial charge < -0.3 is 10.0 Å². The first-order valence-electron chi connectivity index (χ1n) is 7.25. The Hall–Kier alpha value is -1.91. The third-order valence-corrected chi connectivity index (χ3v) is 3.29. The zero-order valence-electron chi connectivity index (χ0n) is 12.5. The number of benzene rings is 1. The van der Waals surface area contributed by atoms with Gasteiger partial charge in [-0.1, -0.05) is 26.0 Å². The average molecular weight is 295 g/mol. The number of hydrogen-bond donors (Lipinski definition) is 1. The van der Waals surface area contributed by atoms with E-state index in [-0.39, 0.29) is 12.3 Å². The van der Waals surface area contributed by atoms with Crippen LogP contribution in [0.3, 0.4) is 0 Å². The van der Waals surface area contributed by atoms with E-state index in [1.807, 2.05) is 13.8 Å². The summed E-state index contributed by atoms with van der Waals surface area (Å²) in [6.45, 7) is 5.21. The second-order valence-corrected chi connectivity index (χ2v) is 5.03. The van der Waals surface area contributed by atoms with Crippen LogP contribution in [0.25, 0.3) is 0 Å². The summed E-state index contributed by atoms with van der Waals surface area (Å²) >= 11 is 0. The maximum absolute atomic E-state index is 12.9. The Labute approximate surface area is 124 Å². The van der Waals surface area contributed by atoms with E-state index in [2.05, 4.69) is 0 Å². The minimum atomic E-state index is -1.07. The van der Waals surface area contributed by atoms with Crippen molar-refractivity contribution in [2.75, 3.05) is 13.1 Å². The fraction of sp³-hybridized carbons (Fsp3) is 0.500. The number of amides is 1. The van der Waals surface area contributed by atoms with Crippen LogP contribution in [0.15, 0.2) is 24.3 Å². The maximum Gasteiger partial charge on any atom is 0.311 e. The highest BCUT2D eigenvalue weighted by molar-refractivity contribution is 5.85. The Bertz CT molecular complexity index is 467. The number of nitrogens with zero attached hydrogens (tertiary/aromatic N) is 1. The lowest BCUT2D eigenvalue weighted by atomic mass is 9.95. The summed E-state index contributed by atoms with van der Waals surface area (Å²) in [5, 5.41) is 9.32. The number of carbonyl (C=O) groups excluding carboxylic acids is 1. The van der Waals surface area contributed by atoms with Crippen LogP contribution in [0.4, 0.5) is 4.39 Å². The first-order chi connectivity index (χ1) is 9.99. The zero-order valence-corrected chi connectivity index (χ0v) is 12.5. The molecule has 1 aromatic rings. The van der Waals surface area contributed by atoms with Gasteiger partial charge in [0.2, 0.25) is 5.91 Å². The van der Waals surface area contributed by atoms with Crippen molar-refractivity contribution >= 4 is 11.9 Å². The molecule has 0 aromatic heterocycles. The Morgan fingerprint density at radius 1 is 1.14 bits per heavy atom. The van der Waals surface area contributed by atoms with Crippen LogP contribution in [-0.2, 0) is 9.59 Å². The molecular weight excluding hydrogens is 273 g/mol. The molecule has 0 aliphatic heterocycles. The van der Waals surface area contributed by atoms with Gasteiger partial charge in [0.25, 0.3) is 0 Å². The van der Waals surface area contributed by atoms with Crippen molar-refractivity contribution in [3.63, 3.8) is 0 Å². The van der Waals surface area contributed by atoms with Crippen LogP contribution in [0.1, 0.15) is 44.6 Å². The molecule has 0 radical (unpaired) electrons. The average Bonchev–Trinajstić information content (AvgIpc) is 2.45. The fourth-order valence-corrected chi connectivity index (χ4v) is 2.25. The Balaban J connectivity index is 2.84. The molecule has 1 atom stereocenters. The highest BCUT2D eigenvalue weighted by Crippen LogP contribution is 2.21. The monoisotopic (exact) mass is 295 g/mol. The van der Waals surface area contributed by atoms with E-state index in [0.717, 1.165) is 12.8 Å². The smallest absolute Gasteiger partial charge is 0.311 e. The molecule has 1 N–H and O–H groups in total. The highest BCUT2D eigenvalue weighted by Gasteiger charge is 2.25. The molecular formula is C16H22FNO3. The molecule has 0 bridgehead atoms.